The van der Waals surface area contributed by atoms with Crippen molar-refractivity contribution in [1.82, 2.24) is 4.90 Å². The molecule has 80 valence electrons. The number of nitrogens with zero attached hydrogens (tertiary/aromatic N) is 2. The lowest BCUT2D eigenvalue weighted by atomic mass is 10.1. The topological polar surface area (TPSA) is 41.6 Å². The molecule has 1 aliphatic rings. The fourth-order valence-electron chi connectivity index (χ4n) is 1.64. The summed E-state index contributed by atoms with van der Waals surface area (Å²) in [6.07, 6.45) is 0.872. The minimum atomic E-state index is -0.194. The summed E-state index contributed by atoms with van der Waals surface area (Å²) in [6.45, 7) is 2.53. The van der Waals surface area contributed by atoms with E-state index in [1.165, 1.54) is 12.1 Å². The van der Waals surface area contributed by atoms with Crippen LogP contribution in [0.3, 0.4) is 0 Å². The van der Waals surface area contributed by atoms with E-state index in [0.29, 0.717) is 5.96 Å². The van der Waals surface area contributed by atoms with Crippen LogP contribution in [-0.4, -0.2) is 30.5 Å². The molecule has 0 radical (unpaired) electrons. The predicted molar refractivity (Wildman–Crippen MR) is 58.2 cm³/mol. The van der Waals surface area contributed by atoms with Crippen molar-refractivity contribution in [3.05, 3.63) is 35.6 Å². The van der Waals surface area contributed by atoms with Crippen molar-refractivity contribution in [3.63, 3.8) is 0 Å². The number of hydrogen-bond donors (Lipinski definition) is 1. The molecule has 4 heteroatoms. The van der Waals surface area contributed by atoms with Crippen LogP contribution in [0.5, 0.6) is 0 Å². The Morgan fingerprint density at radius 1 is 1.33 bits per heavy atom. The molecule has 1 heterocycles. The SMILES string of the molecule is NC1=NCCN1CCc1ccc(F)cc1. The molecule has 15 heavy (non-hydrogen) atoms. The largest absolute Gasteiger partial charge is 0.370 e. The first-order valence-electron chi connectivity index (χ1n) is 5.05. The third kappa shape index (κ3) is 2.46. The zero-order chi connectivity index (χ0) is 10.7. The van der Waals surface area contributed by atoms with Crippen LogP contribution in [0.1, 0.15) is 5.56 Å². The molecule has 0 spiro atoms. The highest BCUT2D eigenvalue weighted by Gasteiger charge is 2.12. The van der Waals surface area contributed by atoms with Crippen LogP contribution in [0.25, 0.3) is 0 Å². The Labute approximate surface area is 88.4 Å². The number of hydrogen-bond acceptors (Lipinski definition) is 3. The second kappa shape index (κ2) is 4.29. The van der Waals surface area contributed by atoms with Gasteiger partial charge in [0.15, 0.2) is 5.96 Å². The van der Waals surface area contributed by atoms with Gasteiger partial charge in [0.1, 0.15) is 5.82 Å². The molecule has 0 bridgehead atoms. The minimum Gasteiger partial charge on any atom is -0.370 e. The zero-order valence-electron chi connectivity index (χ0n) is 8.49. The van der Waals surface area contributed by atoms with Gasteiger partial charge in [0.2, 0.25) is 0 Å². The Kier molecular flexibility index (Phi) is 2.85. The maximum atomic E-state index is 12.6. The van der Waals surface area contributed by atoms with Gasteiger partial charge in [-0.25, -0.2) is 4.39 Å². The van der Waals surface area contributed by atoms with Gasteiger partial charge in [-0.05, 0) is 24.1 Å². The molecule has 2 N–H and O–H groups in total. The summed E-state index contributed by atoms with van der Waals surface area (Å²) >= 11 is 0. The summed E-state index contributed by atoms with van der Waals surface area (Å²) in [5.74, 6) is 0.429. The van der Waals surface area contributed by atoms with Crippen LogP contribution in [0.4, 0.5) is 4.39 Å². The summed E-state index contributed by atoms with van der Waals surface area (Å²) in [5.41, 5.74) is 6.80. The van der Waals surface area contributed by atoms with E-state index in [9.17, 15) is 4.39 Å². The van der Waals surface area contributed by atoms with E-state index in [0.717, 1.165) is 31.6 Å². The van der Waals surface area contributed by atoms with Crippen molar-refractivity contribution < 1.29 is 4.39 Å². The molecule has 3 nitrogen and oxygen atoms in total. The molecule has 0 saturated carbocycles. The van der Waals surface area contributed by atoms with Crippen LogP contribution in [0.15, 0.2) is 29.3 Å². The Bertz CT molecular complexity index is 359. The van der Waals surface area contributed by atoms with E-state index in [1.807, 2.05) is 4.90 Å². The quantitative estimate of drug-likeness (QED) is 0.803. The lowest BCUT2D eigenvalue weighted by molar-refractivity contribution is 0.457. The van der Waals surface area contributed by atoms with Gasteiger partial charge in [-0.15, -0.1) is 0 Å². The van der Waals surface area contributed by atoms with E-state index in [-0.39, 0.29) is 5.82 Å². The monoisotopic (exact) mass is 207 g/mol. The van der Waals surface area contributed by atoms with Gasteiger partial charge in [0, 0.05) is 13.1 Å². The lowest BCUT2D eigenvalue weighted by Crippen LogP contribution is -2.35. The zero-order valence-corrected chi connectivity index (χ0v) is 8.49. The van der Waals surface area contributed by atoms with Crippen LogP contribution in [-0.2, 0) is 6.42 Å². The summed E-state index contributed by atoms with van der Waals surface area (Å²) < 4.78 is 12.6. The third-order valence-corrected chi connectivity index (χ3v) is 2.55. The van der Waals surface area contributed by atoms with Gasteiger partial charge in [0.05, 0.1) is 6.54 Å². The molecule has 1 aliphatic heterocycles. The van der Waals surface area contributed by atoms with Crippen LogP contribution >= 0.6 is 0 Å². The van der Waals surface area contributed by atoms with Crippen molar-refractivity contribution in [2.45, 2.75) is 6.42 Å². The second-order valence-corrected chi connectivity index (χ2v) is 3.60. The molecule has 1 aromatic rings. The Morgan fingerprint density at radius 3 is 2.67 bits per heavy atom. The highest BCUT2D eigenvalue weighted by Crippen LogP contribution is 2.05. The molecule has 1 aromatic carbocycles. The molecule has 2 rings (SSSR count). The number of nitrogens with two attached hydrogens (primary N) is 1. The average molecular weight is 207 g/mol. The third-order valence-electron chi connectivity index (χ3n) is 2.55. The van der Waals surface area contributed by atoms with Gasteiger partial charge in [-0.3, -0.25) is 4.99 Å². The van der Waals surface area contributed by atoms with Crippen LogP contribution in [0.2, 0.25) is 0 Å². The summed E-state index contributed by atoms with van der Waals surface area (Å²) in [4.78, 5) is 6.15. The molecule has 0 unspecified atom stereocenters. The van der Waals surface area contributed by atoms with Crippen molar-refractivity contribution >= 4 is 5.96 Å². The van der Waals surface area contributed by atoms with Crippen LogP contribution in [0, 0.1) is 5.82 Å². The molecule has 0 saturated heterocycles. The Hall–Kier alpha value is -1.58. The van der Waals surface area contributed by atoms with Crippen molar-refractivity contribution in [2.75, 3.05) is 19.6 Å². The Balaban J connectivity index is 1.88. The number of aliphatic imine (C=N–C) groups is 1. The van der Waals surface area contributed by atoms with E-state index in [1.54, 1.807) is 12.1 Å². The van der Waals surface area contributed by atoms with Crippen molar-refractivity contribution in [3.8, 4) is 0 Å². The lowest BCUT2D eigenvalue weighted by Gasteiger charge is -2.16. The van der Waals surface area contributed by atoms with E-state index < -0.39 is 0 Å². The maximum absolute atomic E-state index is 12.6. The highest BCUT2D eigenvalue weighted by molar-refractivity contribution is 5.79. The van der Waals surface area contributed by atoms with E-state index in [2.05, 4.69) is 4.99 Å². The molecule has 0 amide bonds. The smallest absolute Gasteiger partial charge is 0.191 e. The normalized spacial score (nSPS) is 15.5. The van der Waals surface area contributed by atoms with Gasteiger partial charge in [-0.1, -0.05) is 12.1 Å². The first-order chi connectivity index (χ1) is 7.25. The number of halogens is 1. The first-order valence-corrected chi connectivity index (χ1v) is 5.05. The molecular formula is C11H14FN3. The van der Waals surface area contributed by atoms with Gasteiger partial charge < -0.3 is 10.6 Å². The fourth-order valence-corrected chi connectivity index (χ4v) is 1.64. The van der Waals surface area contributed by atoms with E-state index >= 15 is 0 Å². The maximum Gasteiger partial charge on any atom is 0.191 e. The van der Waals surface area contributed by atoms with Crippen molar-refractivity contribution in [2.24, 2.45) is 10.7 Å². The van der Waals surface area contributed by atoms with Gasteiger partial charge in [-0.2, -0.15) is 0 Å². The van der Waals surface area contributed by atoms with Gasteiger partial charge >= 0.3 is 0 Å². The van der Waals surface area contributed by atoms with Crippen molar-refractivity contribution in [1.29, 1.82) is 0 Å². The average Bonchev–Trinajstić information content (AvgIpc) is 2.63. The molecule has 0 aromatic heterocycles. The van der Waals surface area contributed by atoms with Gasteiger partial charge in [0.25, 0.3) is 0 Å². The summed E-state index contributed by atoms with van der Waals surface area (Å²) in [5, 5.41) is 0. The number of rotatable bonds is 3. The molecule has 0 fully saturated rings. The minimum absolute atomic E-state index is 0.194. The Morgan fingerprint density at radius 2 is 2.07 bits per heavy atom. The van der Waals surface area contributed by atoms with Crippen LogP contribution < -0.4 is 5.73 Å². The predicted octanol–water partition coefficient (Wildman–Crippen LogP) is 0.998. The standard InChI is InChI=1S/C11H14FN3/c12-10-3-1-9(2-4-10)5-7-15-8-6-14-11(15)13/h1-4H,5-8H2,(H2,13,14). The van der Waals surface area contributed by atoms with E-state index in [4.69, 9.17) is 5.73 Å². The highest BCUT2D eigenvalue weighted by atomic mass is 19.1. The summed E-state index contributed by atoms with van der Waals surface area (Å²) in [7, 11) is 0. The fraction of sp³-hybridized carbons (Fsp3) is 0.364. The number of benzene rings is 1. The molecule has 0 aliphatic carbocycles. The second-order valence-electron chi connectivity index (χ2n) is 3.60. The summed E-state index contributed by atoms with van der Waals surface area (Å²) in [6, 6.07) is 6.57. The number of guanidine groups is 1. The molecular weight excluding hydrogens is 193 g/mol. The molecule has 0 atom stereocenters. The first kappa shape index (κ1) is 9.96.